The lowest BCUT2D eigenvalue weighted by Gasteiger charge is -2.13. The number of nitrogens with one attached hydrogen (secondary N) is 2. The summed E-state index contributed by atoms with van der Waals surface area (Å²) in [5.41, 5.74) is 2.66. The average Bonchev–Trinajstić information content (AvgIpc) is 2.91. The molecule has 1 aromatic carbocycles. The van der Waals surface area contributed by atoms with E-state index in [-0.39, 0.29) is 11.8 Å². The van der Waals surface area contributed by atoms with E-state index in [0.717, 1.165) is 35.5 Å². The van der Waals surface area contributed by atoms with Gasteiger partial charge in [0, 0.05) is 22.9 Å². The van der Waals surface area contributed by atoms with Crippen LogP contribution in [-0.2, 0) is 17.8 Å². The zero-order valence-corrected chi connectivity index (χ0v) is 14.9. The van der Waals surface area contributed by atoms with Gasteiger partial charge < -0.3 is 10.6 Å². The number of carbonyl (C=O) groups is 1. The van der Waals surface area contributed by atoms with Crippen molar-refractivity contribution in [1.29, 1.82) is 5.26 Å². The van der Waals surface area contributed by atoms with Gasteiger partial charge in [-0.15, -0.1) is 11.3 Å². The van der Waals surface area contributed by atoms with E-state index in [2.05, 4.69) is 16.7 Å². The molecule has 1 aliphatic heterocycles. The van der Waals surface area contributed by atoms with Gasteiger partial charge in [-0.25, -0.2) is 0 Å². The molecule has 1 amide bonds. The van der Waals surface area contributed by atoms with Crippen molar-refractivity contribution in [1.82, 2.24) is 5.32 Å². The molecular weight excluding hydrogens is 342 g/mol. The van der Waals surface area contributed by atoms with Crippen LogP contribution in [0.1, 0.15) is 40.8 Å². The highest BCUT2D eigenvalue weighted by Gasteiger charge is 2.22. The first-order valence-electron chi connectivity index (χ1n) is 7.89. The maximum absolute atomic E-state index is 12.4. The summed E-state index contributed by atoms with van der Waals surface area (Å²) in [5.74, 6) is -0.0778. The molecule has 1 aliphatic rings. The summed E-state index contributed by atoms with van der Waals surface area (Å²) in [7, 11) is 0. The molecule has 0 aliphatic carbocycles. The molecule has 1 atom stereocenters. The lowest BCUT2D eigenvalue weighted by atomic mass is 9.97. The Morgan fingerprint density at radius 2 is 2.29 bits per heavy atom. The van der Waals surface area contributed by atoms with Gasteiger partial charge >= 0.3 is 0 Å². The number of benzene rings is 1. The number of carbonyl (C=O) groups excluding carboxylic acids is 1. The number of hydrogen-bond acceptors (Lipinski definition) is 4. The van der Waals surface area contributed by atoms with Gasteiger partial charge in [-0.2, -0.15) is 5.26 Å². The molecule has 2 N–H and O–H groups in total. The van der Waals surface area contributed by atoms with Crippen LogP contribution in [0.5, 0.6) is 0 Å². The van der Waals surface area contributed by atoms with Crippen molar-refractivity contribution < 1.29 is 4.79 Å². The monoisotopic (exact) mass is 359 g/mol. The van der Waals surface area contributed by atoms with Gasteiger partial charge in [0.15, 0.2) is 0 Å². The number of hydrogen-bond donors (Lipinski definition) is 2. The minimum absolute atomic E-state index is 0.0143. The first-order valence-corrected chi connectivity index (χ1v) is 9.09. The summed E-state index contributed by atoms with van der Waals surface area (Å²) in [6.07, 6.45) is 1.16. The maximum atomic E-state index is 12.4. The Kier molecular flexibility index (Phi) is 5.20. The van der Waals surface area contributed by atoms with Crippen molar-refractivity contribution >= 4 is 33.8 Å². The Balaban J connectivity index is 1.73. The van der Waals surface area contributed by atoms with Gasteiger partial charge in [-0.05, 0) is 36.1 Å². The first-order chi connectivity index (χ1) is 11.6. The van der Waals surface area contributed by atoms with Crippen LogP contribution < -0.4 is 10.6 Å². The molecule has 6 heteroatoms. The zero-order valence-electron chi connectivity index (χ0n) is 13.4. The summed E-state index contributed by atoms with van der Waals surface area (Å²) in [6, 6.07) is 9.82. The lowest BCUT2D eigenvalue weighted by Crippen LogP contribution is -2.22. The van der Waals surface area contributed by atoms with Gasteiger partial charge in [0.25, 0.3) is 0 Å². The summed E-state index contributed by atoms with van der Waals surface area (Å²) in [5, 5.41) is 17.0. The van der Waals surface area contributed by atoms with Crippen molar-refractivity contribution in [3.63, 3.8) is 0 Å². The smallest absolute Gasteiger partial charge is 0.225 e. The SMILES string of the molecule is C[C@@H](CC(=O)Nc1sc2c(c1C#N)CCNC2)c1ccccc1Cl. The highest BCUT2D eigenvalue weighted by Crippen LogP contribution is 2.35. The minimum Gasteiger partial charge on any atom is -0.317 e. The molecule has 0 fully saturated rings. The standard InChI is InChI=1S/C18H18ClN3OS/c1-11(12-4-2-3-5-15(12)19)8-17(23)22-18-14(9-20)13-6-7-21-10-16(13)24-18/h2-5,11,21H,6-8,10H2,1H3,(H,22,23)/t11-/m0/s1. The predicted molar refractivity (Wildman–Crippen MR) is 97.6 cm³/mol. The fraction of sp³-hybridized carbons (Fsp3) is 0.333. The van der Waals surface area contributed by atoms with E-state index in [9.17, 15) is 10.1 Å². The number of rotatable bonds is 4. The Hall–Kier alpha value is -1.87. The highest BCUT2D eigenvalue weighted by atomic mass is 35.5. The van der Waals surface area contributed by atoms with E-state index in [1.54, 1.807) is 0 Å². The molecule has 0 unspecified atom stereocenters. The molecule has 24 heavy (non-hydrogen) atoms. The molecule has 124 valence electrons. The summed E-state index contributed by atoms with van der Waals surface area (Å²) >= 11 is 7.70. The van der Waals surface area contributed by atoms with Crippen molar-refractivity contribution in [2.24, 2.45) is 0 Å². The van der Waals surface area contributed by atoms with E-state index in [1.807, 2.05) is 31.2 Å². The second-order valence-electron chi connectivity index (χ2n) is 5.92. The van der Waals surface area contributed by atoms with Gasteiger partial charge in [-0.3, -0.25) is 4.79 Å². The number of halogens is 1. The predicted octanol–water partition coefficient (Wildman–Crippen LogP) is 4.05. The third-order valence-electron chi connectivity index (χ3n) is 4.22. The van der Waals surface area contributed by atoms with E-state index < -0.39 is 0 Å². The van der Waals surface area contributed by atoms with Crippen LogP contribution in [0.2, 0.25) is 5.02 Å². The van der Waals surface area contributed by atoms with E-state index in [0.29, 0.717) is 22.0 Å². The minimum atomic E-state index is -0.0922. The maximum Gasteiger partial charge on any atom is 0.225 e. The van der Waals surface area contributed by atoms with E-state index in [1.165, 1.54) is 11.3 Å². The Morgan fingerprint density at radius 1 is 1.50 bits per heavy atom. The third-order valence-corrected chi connectivity index (χ3v) is 5.71. The molecule has 1 aromatic heterocycles. The molecule has 0 saturated carbocycles. The molecule has 0 saturated heterocycles. The van der Waals surface area contributed by atoms with Crippen LogP contribution in [0.3, 0.4) is 0 Å². The molecule has 0 spiro atoms. The van der Waals surface area contributed by atoms with Gasteiger partial charge in [0.2, 0.25) is 5.91 Å². The topological polar surface area (TPSA) is 64.9 Å². The van der Waals surface area contributed by atoms with Gasteiger partial charge in [0.05, 0.1) is 5.56 Å². The number of anilines is 1. The fourth-order valence-corrected chi connectivity index (χ4v) is 4.49. The first kappa shape index (κ1) is 17.0. The van der Waals surface area contributed by atoms with Gasteiger partial charge in [-0.1, -0.05) is 36.7 Å². The lowest BCUT2D eigenvalue weighted by molar-refractivity contribution is -0.116. The molecule has 2 heterocycles. The Bertz CT molecular complexity index is 809. The van der Waals surface area contributed by atoms with Crippen molar-refractivity contribution in [3.8, 4) is 6.07 Å². The third kappa shape index (κ3) is 3.46. The van der Waals surface area contributed by atoms with Crippen LogP contribution >= 0.6 is 22.9 Å². The molecular formula is C18H18ClN3OS. The number of amides is 1. The van der Waals surface area contributed by atoms with Crippen LogP contribution in [0.4, 0.5) is 5.00 Å². The van der Waals surface area contributed by atoms with Crippen LogP contribution in [0.15, 0.2) is 24.3 Å². The molecule has 3 rings (SSSR count). The summed E-state index contributed by atoms with van der Waals surface area (Å²) in [4.78, 5) is 13.6. The van der Waals surface area contributed by atoms with E-state index in [4.69, 9.17) is 11.6 Å². The van der Waals surface area contributed by atoms with Crippen LogP contribution in [-0.4, -0.2) is 12.5 Å². The molecule has 2 aromatic rings. The second-order valence-corrected chi connectivity index (χ2v) is 7.43. The normalized spacial score (nSPS) is 14.5. The zero-order chi connectivity index (χ0) is 17.1. The van der Waals surface area contributed by atoms with Crippen molar-refractivity contribution in [2.45, 2.75) is 32.2 Å². The second kappa shape index (κ2) is 7.35. The number of thiophene rings is 1. The number of fused-ring (bicyclic) bond motifs is 1. The van der Waals surface area contributed by atoms with Crippen LogP contribution in [0, 0.1) is 11.3 Å². The van der Waals surface area contributed by atoms with Crippen molar-refractivity contribution in [3.05, 3.63) is 50.9 Å². The number of nitriles is 1. The van der Waals surface area contributed by atoms with E-state index >= 15 is 0 Å². The highest BCUT2D eigenvalue weighted by molar-refractivity contribution is 7.16. The summed E-state index contributed by atoms with van der Waals surface area (Å²) in [6.45, 7) is 3.62. The molecule has 0 bridgehead atoms. The Morgan fingerprint density at radius 3 is 3.04 bits per heavy atom. The average molecular weight is 360 g/mol. The molecule has 0 radical (unpaired) electrons. The van der Waals surface area contributed by atoms with Gasteiger partial charge in [0.1, 0.15) is 11.1 Å². The quantitative estimate of drug-likeness (QED) is 0.865. The largest absolute Gasteiger partial charge is 0.317 e. The molecule has 4 nitrogen and oxygen atoms in total. The summed E-state index contributed by atoms with van der Waals surface area (Å²) < 4.78 is 0. The van der Waals surface area contributed by atoms with Crippen LogP contribution in [0.25, 0.3) is 0 Å². The Labute approximate surface area is 150 Å². The van der Waals surface area contributed by atoms with Crippen molar-refractivity contribution in [2.75, 3.05) is 11.9 Å². The number of nitrogens with zero attached hydrogens (tertiary/aromatic N) is 1. The fourth-order valence-electron chi connectivity index (χ4n) is 2.98.